The highest BCUT2D eigenvalue weighted by atomic mass is 79.9. The van der Waals surface area contributed by atoms with Gasteiger partial charge >= 0.3 is 0 Å². The fourth-order valence-corrected chi connectivity index (χ4v) is 4.93. The molecule has 1 saturated carbocycles. The Morgan fingerprint density at radius 1 is 1.14 bits per heavy atom. The lowest BCUT2D eigenvalue weighted by atomic mass is 9.58. The molecule has 21 heavy (non-hydrogen) atoms. The van der Waals surface area contributed by atoms with E-state index < -0.39 is 0 Å². The summed E-state index contributed by atoms with van der Waals surface area (Å²) in [5, 5.41) is 14.4. The smallest absolute Gasteiger partial charge is 0.0661 e. The maximum absolute atomic E-state index is 10.1. The number of anilines is 1. The lowest BCUT2D eigenvalue weighted by Gasteiger charge is -2.52. The molecular weight excluding hydrogens is 350 g/mol. The second kappa shape index (κ2) is 5.75. The topological polar surface area (TPSA) is 32.3 Å². The molecule has 0 bridgehead atoms. The molecule has 0 atom stereocenters. The first-order chi connectivity index (χ1) is 9.56. The quantitative estimate of drug-likeness (QED) is 0.734. The highest BCUT2D eigenvalue weighted by Crippen LogP contribution is 2.51. The van der Waals surface area contributed by atoms with Crippen molar-refractivity contribution >= 4 is 33.2 Å². The van der Waals surface area contributed by atoms with Gasteiger partial charge < -0.3 is 10.4 Å². The first-order valence-corrected chi connectivity index (χ1v) is 8.58. The monoisotopic (exact) mass is 373 g/mol. The van der Waals surface area contributed by atoms with Crippen molar-refractivity contribution in [1.82, 2.24) is 0 Å². The van der Waals surface area contributed by atoms with Gasteiger partial charge in [-0.25, -0.2) is 0 Å². The van der Waals surface area contributed by atoms with Gasteiger partial charge in [0.25, 0.3) is 0 Å². The van der Waals surface area contributed by atoms with Crippen LogP contribution in [0.2, 0.25) is 5.02 Å². The Morgan fingerprint density at radius 3 is 2.19 bits per heavy atom. The molecule has 0 spiro atoms. The summed E-state index contributed by atoms with van der Waals surface area (Å²) in [6.45, 7) is 9.30. The Morgan fingerprint density at radius 2 is 1.71 bits per heavy atom. The largest absolute Gasteiger partial charge is 0.394 e. The van der Waals surface area contributed by atoms with Crippen LogP contribution in [0.4, 0.5) is 5.69 Å². The third-order valence-corrected chi connectivity index (χ3v) is 5.44. The molecule has 4 heteroatoms. The minimum absolute atomic E-state index is 0.139. The Labute approximate surface area is 141 Å². The molecule has 0 saturated heterocycles. The van der Waals surface area contributed by atoms with Gasteiger partial charge in [0.15, 0.2) is 0 Å². The van der Waals surface area contributed by atoms with Crippen molar-refractivity contribution in [2.45, 2.75) is 52.5 Å². The number of hydrogen-bond acceptors (Lipinski definition) is 2. The van der Waals surface area contributed by atoms with Gasteiger partial charge in [-0.15, -0.1) is 0 Å². The third-order valence-electron chi connectivity index (χ3n) is 4.22. The highest BCUT2D eigenvalue weighted by Gasteiger charge is 2.47. The van der Waals surface area contributed by atoms with Crippen LogP contribution in [-0.4, -0.2) is 17.3 Å². The predicted octanol–water partition coefficient (Wildman–Crippen LogP) is 5.48. The first-order valence-electron chi connectivity index (χ1n) is 7.41. The van der Waals surface area contributed by atoms with Crippen LogP contribution in [0.3, 0.4) is 0 Å². The van der Waals surface area contributed by atoms with E-state index in [1.165, 1.54) is 6.42 Å². The Hall–Kier alpha value is -0.250. The van der Waals surface area contributed by atoms with Crippen molar-refractivity contribution in [2.24, 2.45) is 10.8 Å². The van der Waals surface area contributed by atoms with Gasteiger partial charge in [0.1, 0.15) is 0 Å². The molecular formula is C17H25BrClNO. The lowest BCUT2D eigenvalue weighted by molar-refractivity contribution is 0.0288. The van der Waals surface area contributed by atoms with Crippen molar-refractivity contribution in [3.63, 3.8) is 0 Å². The maximum atomic E-state index is 10.1. The summed E-state index contributed by atoms with van der Waals surface area (Å²) in [5.74, 6) is 0. The average molecular weight is 375 g/mol. The summed E-state index contributed by atoms with van der Waals surface area (Å²) < 4.78 is 0.872. The molecule has 1 aromatic carbocycles. The van der Waals surface area contributed by atoms with Crippen molar-refractivity contribution in [3.05, 3.63) is 27.7 Å². The normalized spacial score (nSPS) is 22.8. The summed E-state index contributed by atoms with van der Waals surface area (Å²) in [6.07, 6.45) is 3.09. The average Bonchev–Trinajstić information content (AvgIpc) is 2.30. The number of hydrogen-bond donors (Lipinski definition) is 2. The van der Waals surface area contributed by atoms with Crippen LogP contribution in [0.15, 0.2) is 22.7 Å². The van der Waals surface area contributed by atoms with Gasteiger partial charge in [-0.05, 0) is 64.2 Å². The van der Waals surface area contributed by atoms with Crippen LogP contribution < -0.4 is 5.32 Å². The van der Waals surface area contributed by atoms with Gasteiger partial charge in [-0.3, -0.25) is 0 Å². The summed E-state index contributed by atoms with van der Waals surface area (Å²) in [4.78, 5) is 0. The molecule has 1 aliphatic rings. The Bertz CT molecular complexity index is 512. The zero-order valence-corrected chi connectivity index (χ0v) is 15.6. The minimum Gasteiger partial charge on any atom is -0.394 e. The number of halogens is 2. The van der Waals surface area contributed by atoms with Crippen LogP contribution >= 0.6 is 27.5 Å². The molecule has 1 fully saturated rings. The molecule has 2 N–H and O–H groups in total. The molecule has 1 aliphatic carbocycles. The number of nitrogens with one attached hydrogen (secondary N) is 1. The molecule has 0 aromatic heterocycles. The minimum atomic E-state index is -0.279. The van der Waals surface area contributed by atoms with E-state index in [1.54, 1.807) is 0 Å². The molecule has 0 unspecified atom stereocenters. The molecule has 0 aliphatic heterocycles. The van der Waals surface area contributed by atoms with Crippen molar-refractivity contribution < 1.29 is 5.11 Å². The zero-order chi connectivity index (χ0) is 15.9. The number of rotatable bonds is 3. The van der Waals surface area contributed by atoms with Gasteiger partial charge in [-0.2, -0.15) is 0 Å². The zero-order valence-electron chi connectivity index (χ0n) is 13.3. The van der Waals surface area contributed by atoms with E-state index in [2.05, 4.69) is 48.9 Å². The van der Waals surface area contributed by atoms with Gasteiger partial charge in [0, 0.05) is 10.2 Å². The van der Waals surface area contributed by atoms with Crippen LogP contribution in [-0.2, 0) is 0 Å². The van der Waals surface area contributed by atoms with Crippen molar-refractivity contribution in [1.29, 1.82) is 0 Å². The molecule has 118 valence electrons. The fraction of sp³-hybridized carbons (Fsp3) is 0.647. The first kappa shape index (κ1) is 17.1. The summed E-state index contributed by atoms with van der Waals surface area (Å²) in [5.41, 5.74) is 1.13. The van der Waals surface area contributed by atoms with Crippen molar-refractivity contribution in [3.8, 4) is 0 Å². The van der Waals surface area contributed by atoms with E-state index in [1.807, 2.05) is 18.2 Å². The van der Waals surface area contributed by atoms with Gasteiger partial charge in [0.05, 0.1) is 17.2 Å². The second-order valence-electron chi connectivity index (χ2n) is 8.05. The summed E-state index contributed by atoms with van der Waals surface area (Å²) in [6, 6.07) is 5.83. The van der Waals surface area contributed by atoms with Crippen LogP contribution in [0.25, 0.3) is 0 Å². The summed E-state index contributed by atoms with van der Waals surface area (Å²) in [7, 11) is 0. The molecule has 0 radical (unpaired) electrons. The van der Waals surface area contributed by atoms with Gasteiger partial charge in [0.2, 0.25) is 0 Å². The van der Waals surface area contributed by atoms with E-state index >= 15 is 0 Å². The molecule has 2 rings (SSSR count). The van der Waals surface area contributed by atoms with Crippen LogP contribution in [0.1, 0.15) is 47.0 Å². The van der Waals surface area contributed by atoms with Crippen LogP contribution in [0, 0.1) is 10.8 Å². The number of benzene rings is 1. The standard InChI is InChI=1S/C17H25BrClNO/c1-15(2)8-16(3,4)10-17(9-15,11-21)20-12-5-6-14(19)13(18)7-12/h5-7,20-21H,8-11H2,1-4H3. The Kier molecular flexibility index (Phi) is 4.68. The Balaban J connectivity index is 2.30. The van der Waals surface area contributed by atoms with Gasteiger partial charge in [-0.1, -0.05) is 39.3 Å². The summed E-state index contributed by atoms with van der Waals surface area (Å²) >= 11 is 9.52. The lowest BCUT2D eigenvalue weighted by Crippen LogP contribution is -2.53. The molecule has 0 amide bonds. The molecule has 0 heterocycles. The van der Waals surface area contributed by atoms with E-state index in [4.69, 9.17) is 11.6 Å². The van der Waals surface area contributed by atoms with Crippen molar-refractivity contribution in [2.75, 3.05) is 11.9 Å². The van der Waals surface area contributed by atoms with E-state index in [-0.39, 0.29) is 23.0 Å². The molecule has 2 nitrogen and oxygen atoms in total. The third kappa shape index (κ3) is 4.14. The van der Waals surface area contributed by atoms with Crippen LogP contribution in [0.5, 0.6) is 0 Å². The van der Waals surface area contributed by atoms with E-state index in [0.29, 0.717) is 5.02 Å². The van der Waals surface area contributed by atoms with E-state index in [0.717, 1.165) is 23.0 Å². The molecule has 1 aromatic rings. The number of aliphatic hydroxyl groups excluding tert-OH is 1. The second-order valence-corrected chi connectivity index (χ2v) is 9.31. The predicted molar refractivity (Wildman–Crippen MR) is 94.0 cm³/mol. The fourth-order valence-electron chi connectivity index (χ4n) is 4.43. The maximum Gasteiger partial charge on any atom is 0.0661 e. The highest BCUT2D eigenvalue weighted by molar-refractivity contribution is 9.10. The number of aliphatic hydroxyl groups is 1. The van der Waals surface area contributed by atoms with E-state index in [9.17, 15) is 5.11 Å². The SMILES string of the molecule is CC1(C)CC(C)(C)CC(CO)(Nc2ccc(Cl)c(Br)c2)C1.